The van der Waals surface area contributed by atoms with Gasteiger partial charge in [0.15, 0.2) is 0 Å². The minimum Gasteiger partial charge on any atom is -0.247 e. The summed E-state index contributed by atoms with van der Waals surface area (Å²) in [6.45, 7) is 0. The fraction of sp³-hybridized carbons (Fsp3) is 0.167. The normalized spacial score (nSPS) is 19.7. The molecule has 2 atom stereocenters. The second kappa shape index (κ2) is 6.08. The molecule has 0 radical (unpaired) electrons. The lowest BCUT2D eigenvalue weighted by atomic mass is 9.84. The third-order valence-electron chi connectivity index (χ3n) is 8.04. The maximum atomic E-state index is 5.46. The molecule has 1 fully saturated rings. The molecule has 0 N–H and O–H groups in total. The van der Waals surface area contributed by atoms with E-state index >= 15 is 0 Å². The van der Waals surface area contributed by atoms with E-state index in [0.29, 0.717) is 11.8 Å². The fourth-order valence-electron chi connectivity index (χ4n) is 6.75. The van der Waals surface area contributed by atoms with E-state index in [0.717, 1.165) is 4.47 Å². The number of halogens is 1. The molecule has 2 unspecified atom stereocenters. The number of hydrogen-bond acceptors (Lipinski definition) is 1. The van der Waals surface area contributed by atoms with Crippen LogP contribution in [-0.4, -0.2) is 4.98 Å². The molecule has 6 aromatic rings. The van der Waals surface area contributed by atoms with E-state index in [1.807, 2.05) is 0 Å². The zero-order chi connectivity index (χ0) is 21.0. The second-order valence-electron chi connectivity index (χ2n) is 9.63. The van der Waals surface area contributed by atoms with E-state index in [9.17, 15) is 0 Å². The van der Waals surface area contributed by atoms with Gasteiger partial charge in [-0.1, -0.05) is 70.5 Å². The van der Waals surface area contributed by atoms with Gasteiger partial charge in [0.1, 0.15) is 0 Å². The highest BCUT2D eigenvalue weighted by Crippen LogP contribution is 2.58. The summed E-state index contributed by atoms with van der Waals surface area (Å²) in [5.74, 6) is 1.35. The summed E-state index contributed by atoms with van der Waals surface area (Å²) < 4.78 is 1.11. The van der Waals surface area contributed by atoms with Crippen LogP contribution in [0.1, 0.15) is 42.2 Å². The van der Waals surface area contributed by atoms with Gasteiger partial charge in [-0.25, -0.2) is 4.98 Å². The van der Waals surface area contributed by atoms with E-state index in [-0.39, 0.29) is 0 Å². The average Bonchev–Trinajstić information content (AvgIpc) is 3.45. The first kappa shape index (κ1) is 17.6. The molecule has 152 valence electrons. The molecule has 1 aromatic heterocycles. The minimum atomic E-state index is 0.663. The van der Waals surface area contributed by atoms with Crippen molar-refractivity contribution >= 4 is 59.2 Å². The van der Waals surface area contributed by atoms with Crippen molar-refractivity contribution in [3.8, 4) is 11.3 Å². The van der Waals surface area contributed by atoms with Crippen molar-refractivity contribution in [1.29, 1.82) is 0 Å². The van der Waals surface area contributed by atoms with E-state index in [1.165, 1.54) is 79.3 Å². The van der Waals surface area contributed by atoms with Gasteiger partial charge in [0.05, 0.1) is 11.2 Å². The van der Waals surface area contributed by atoms with E-state index in [1.54, 1.807) is 5.56 Å². The van der Waals surface area contributed by atoms with E-state index < -0.39 is 0 Å². The summed E-state index contributed by atoms with van der Waals surface area (Å²) in [4.78, 5) is 5.46. The standard InChI is InChI=1S/C30H20BrN/c31-22-11-8-18(9-12-22)29-28-20-7-6-19(14-20)27(28)24-15-21-5-4-16-2-1-3-17-10-13-23(30(24)32-29)26(21)25(16)17/h1-5,8-13,15,19-20H,6-7,14H2. The zero-order valence-corrected chi connectivity index (χ0v) is 19.1. The topological polar surface area (TPSA) is 12.9 Å². The summed E-state index contributed by atoms with van der Waals surface area (Å²) >= 11 is 3.60. The highest BCUT2D eigenvalue weighted by molar-refractivity contribution is 9.10. The van der Waals surface area contributed by atoms with Crippen LogP contribution in [-0.2, 0) is 0 Å². The van der Waals surface area contributed by atoms with Crippen molar-refractivity contribution in [1.82, 2.24) is 4.98 Å². The number of nitrogens with zero attached hydrogens (tertiary/aromatic N) is 1. The molecule has 1 nitrogen and oxygen atoms in total. The van der Waals surface area contributed by atoms with Crippen LogP contribution in [0.25, 0.3) is 54.5 Å². The predicted molar refractivity (Wildman–Crippen MR) is 138 cm³/mol. The van der Waals surface area contributed by atoms with Crippen molar-refractivity contribution in [2.45, 2.75) is 31.1 Å². The van der Waals surface area contributed by atoms with Crippen LogP contribution >= 0.6 is 15.9 Å². The monoisotopic (exact) mass is 473 g/mol. The summed E-state index contributed by atoms with van der Waals surface area (Å²) in [6, 6.07) is 27.0. The van der Waals surface area contributed by atoms with Crippen LogP contribution < -0.4 is 0 Å². The molecule has 0 spiro atoms. The lowest BCUT2D eigenvalue weighted by Gasteiger charge is -2.22. The van der Waals surface area contributed by atoms with Crippen molar-refractivity contribution < 1.29 is 0 Å². The Morgan fingerprint density at radius 3 is 2.22 bits per heavy atom. The van der Waals surface area contributed by atoms with Gasteiger partial charge < -0.3 is 0 Å². The molecule has 2 aliphatic rings. The summed E-state index contributed by atoms with van der Waals surface area (Å²) in [5.41, 5.74) is 6.75. The Morgan fingerprint density at radius 2 is 1.41 bits per heavy atom. The van der Waals surface area contributed by atoms with Crippen LogP contribution in [0.15, 0.2) is 77.3 Å². The summed E-state index contributed by atoms with van der Waals surface area (Å²) in [5, 5.41) is 9.40. The Balaban J connectivity index is 1.58. The number of pyridine rings is 1. The molecular formula is C30H20BrN. The molecule has 2 bridgehead atoms. The van der Waals surface area contributed by atoms with Gasteiger partial charge in [-0.2, -0.15) is 0 Å². The number of aromatic nitrogens is 1. The van der Waals surface area contributed by atoms with Crippen LogP contribution in [0.4, 0.5) is 0 Å². The Hall–Kier alpha value is -2.97. The Labute approximate surface area is 194 Å². The fourth-order valence-corrected chi connectivity index (χ4v) is 7.02. The van der Waals surface area contributed by atoms with Crippen LogP contribution in [0, 0.1) is 0 Å². The molecule has 0 aliphatic heterocycles. The first-order valence-corrected chi connectivity index (χ1v) is 12.4. The van der Waals surface area contributed by atoms with E-state index in [2.05, 4.69) is 88.7 Å². The van der Waals surface area contributed by atoms with Crippen molar-refractivity contribution in [3.63, 3.8) is 0 Å². The first-order chi connectivity index (χ1) is 15.8. The molecule has 2 heteroatoms. The van der Waals surface area contributed by atoms with Gasteiger partial charge in [0, 0.05) is 20.8 Å². The Bertz CT molecular complexity index is 1700. The maximum absolute atomic E-state index is 5.46. The number of benzene rings is 5. The quantitative estimate of drug-likeness (QED) is 0.171. The van der Waals surface area contributed by atoms with E-state index in [4.69, 9.17) is 4.98 Å². The van der Waals surface area contributed by atoms with Gasteiger partial charge in [-0.05, 0) is 87.4 Å². The van der Waals surface area contributed by atoms with Crippen LogP contribution in [0.3, 0.4) is 0 Å². The number of rotatable bonds is 1. The van der Waals surface area contributed by atoms with Crippen molar-refractivity contribution in [2.75, 3.05) is 0 Å². The van der Waals surface area contributed by atoms with Gasteiger partial charge in [0.25, 0.3) is 0 Å². The number of fused-ring (bicyclic) bond motifs is 8. The highest BCUT2D eigenvalue weighted by atomic mass is 79.9. The third-order valence-corrected chi connectivity index (χ3v) is 8.57. The molecule has 0 saturated heterocycles. The number of hydrogen-bond donors (Lipinski definition) is 0. The molecule has 2 aliphatic carbocycles. The Morgan fingerprint density at radius 1 is 0.688 bits per heavy atom. The van der Waals surface area contributed by atoms with Crippen molar-refractivity contribution in [2.24, 2.45) is 0 Å². The molecule has 32 heavy (non-hydrogen) atoms. The predicted octanol–water partition coefficient (Wildman–Crippen LogP) is 8.93. The summed E-state index contributed by atoms with van der Waals surface area (Å²) in [7, 11) is 0. The minimum absolute atomic E-state index is 0.663. The SMILES string of the molecule is Brc1ccc(-c2nc3c(cc4ccc5cccc6ccc3c4c56)c3c2C2CCC3C2)cc1. The third kappa shape index (κ3) is 2.16. The smallest absolute Gasteiger partial charge is 0.0791 e. The molecule has 5 aromatic carbocycles. The zero-order valence-electron chi connectivity index (χ0n) is 17.5. The highest BCUT2D eigenvalue weighted by Gasteiger charge is 2.40. The first-order valence-electron chi connectivity index (χ1n) is 11.6. The second-order valence-corrected chi connectivity index (χ2v) is 10.5. The average molecular weight is 474 g/mol. The van der Waals surface area contributed by atoms with Gasteiger partial charge in [-0.15, -0.1) is 0 Å². The molecule has 1 saturated carbocycles. The molecular weight excluding hydrogens is 454 g/mol. The Kier molecular flexibility index (Phi) is 3.34. The lowest BCUT2D eigenvalue weighted by molar-refractivity contribution is 0.720. The van der Waals surface area contributed by atoms with Crippen LogP contribution in [0.5, 0.6) is 0 Å². The molecule has 1 heterocycles. The van der Waals surface area contributed by atoms with Gasteiger partial charge >= 0.3 is 0 Å². The lowest BCUT2D eigenvalue weighted by Crippen LogP contribution is -2.05. The van der Waals surface area contributed by atoms with Crippen molar-refractivity contribution in [3.05, 3.63) is 88.4 Å². The maximum Gasteiger partial charge on any atom is 0.0791 e. The summed E-state index contributed by atoms with van der Waals surface area (Å²) in [6.07, 6.45) is 3.93. The molecule has 8 rings (SSSR count). The molecule has 0 amide bonds. The van der Waals surface area contributed by atoms with Crippen LogP contribution in [0.2, 0.25) is 0 Å². The van der Waals surface area contributed by atoms with Gasteiger partial charge in [-0.3, -0.25) is 0 Å². The largest absolute Gasteiger partial charge is 0.247 e. The van der Waals surface area contributed by atoms with Gasteiger partial charge in [0.2, 0.25) is 0 Å².